The van der Waals surface area contributed by atoms with Gasteiger partial charge >= 0.3 is 23.9 Å². The molecule has 0 aliphatic heterocycles. The molecule has 0 atom stereocenters. The van der Waals surface area contributed by atoms with Crippen LogP contribution in [-0.4, -0.2) is 23.9 Å². The van der Waals surface area contributed by atoms with E-state index in [1.807, 2.05) is 12.1 Å². The minimum absolute atomic E-state index is 0. The zero-order chi connectivity index (χ0) is 8.23. The van der Waals surface area contributed by atoms with E-state index in [0.29, 0.717) is 0 Å². The molecule has 2 aromatic rings. The van der Waals surface area contributed by atoms with Gasteiger partial charge in [0.1, 0.15) is 0 Å². The quantitative estimate of drug-likeness (QED) is 0.390. The molecule has 2 rings (SSSR count). The number of rotatable bonds is 1. The molecule has 0 heterocycles. The maximum absolute atomic E-state index is 2.12. The van der Waals surface area contributed by atoms with Crippen LogP contribution in [0.15, 0.2) is 60.7 Å². The third-order valence-electron chi connectivity index (χ3n) is 1.88. The van der Waals surface area contributed by atoms with Gasteiger partial charge in [0.25, 0.3) is 0 Å². The predicted molar refractivity (Wildman–Crippen MR) is 91.3 cm³/mol. The first-order chi connectivity index (χ1) is 5.97. The molecule has 80 valence electrons. The van der Waals surface area contributed by atoms with Gasteiger partial charge in [0.2, 0.25) is 0 Å². The molecule has 0 bridgehead atoms. The van der Waals surface area contributed by atoms with Crippen LogP contribution in [0.2, 0.25) is 0 Å². The van der Waals surface area contributed by atoms with E-state index in [-0.39, 0.29) is 71.9 Å². The van der Waals surface area contributed by atoms with E-state index in [4.69, 9.17) is 0 Å². The van der Waals surface area contributed by atoms with Crippen LogP contribution in [0.1, 0.15) is 0 Å². The summed E-state index contributed by atoms with van der Waals surface area (Å²) in [6.07, 6.45) is 0. The molecule has 0 saturated carbocycles. The van der Waals surface area contributed by atoms with Gasteiger partial charge in [-0.25, -0.2) is 0 Å². The van der Waals surface area contributed by atoms with Crippen molar-refractivity contribution in [2.75, 3.05) is 0 Å². The van der Waals surface area contributed by atoms with Gasteiger partial charge in [0, 0.05) is 0 Å². The molecule has 0 unspecified atom stereocenters. The van der Waals surface area contributed by atoms with Crippen LogP contribution in [0.5, 0.6) is 0 Å². The van der Waals surface area contributed by atoms with Crippen LogP contribution in [0.3, 0.4) is 0 Å². The summed E-state index contributed by atoms with van der Waals surface area (Å²) in [6.45, 7) is 0. The van der Waals surface area contributed by atoms with Gasteiger partial charge in [-0.05, 0) is 11.1 Å². The Kier molecular flexibility index (Phi) is 11.9. The Balaban J connectivity index is 0. The average molecular weight is 531 g/mol. The summed E-state index contributed by atoms with van der Waals surface area (Å²) in [4.78, 5) is 0. The maximum atomic E-state index is 2.12. The van der Waals surface area contributed by atoms with Crippen molar-refractivity contribution >= 4 is 71.9 Å². The summed E-state index contributed by atoms with van der Waals surface area (Å²) in [5, 5.41) is 0. The third-order valence-corrected chi connectivity index (χ3v) is 1.88. The minimum atomic E-state index is 0. The zero-order valence-electron chi connectivity index (χ0n) is 8.30. The van der Waals surface area contributed by atoms with Gasteiger partial charge in [-0.1, -0.05) is 60.7 Å². The fourth-order valence-corrected chi connectivity index (χ4v) is 1.26. The topological polar surface area (TPSA) is 0 Å². The van der Waals surface area contributed by atoms with Crippen molar-refractivity contribution in [3.05, 3.63) is 60.7 Å². The number of hydrogen-bond acceptors (Lipinski definition) is 0. The standard InChI is InChI=1S/C12H10.2HI.Sn.2H/c1-3-7-11(8-4-1)12-9-5-2-6-10-12;;;;;/h1-10H;2*1H;;;. The fraction of sp³-hybridized carbons (Fsp3) is 0. The molecule has 0 nitrogen and oxygen atoms in total. The molecule has 2 radical (unpaired) electrons. The van der Waals surface area contributed by atoms with Crippen molar-refractivity contribution in [3.8, 4) is 11.1 Å². The summed E-state index contributed by atoms with van der Waals surface area (Å²) >= 11 is 0. The van der Waals surface area contributed by atoms with Gasteiger partial charge in [-0.15, -0.1) is 48.0 Å². The summed E-state index contributed by atoms with van der Waals surface area (Å²) < 4.78 is 0. The molecule has 0 aromatic heterocycles. The van der Waals surface area contributed by atoms with Crippen LogP contribution in [-0.2, 0) is 0 Å². The van der Waals surface area contributed by atoms with E-state index < -0.39 is 0 Å². The van der Waals surface area contributed by atoms with Crippen LogP contribution < -0.4 is 0 Å². The zero-order valence-corrected chi connectivity index (χ0v) is 17.0. The SMILES string of the molecule is I.I.[SnH2].c1ccc(-c2ccccc2)cc1. The molecule has 0 aliphatic rings. The predicted octanol–water partition coefficient (Wildman–Crippen LogP) is 3.67. The van der Waals surface area contributed by atoms with Gasteiger partial charge in [0.05, 0.1) is 0 Å². The van der Waals surface area contributed by atoms with Gasteiger partial charge in [0.15, 0.2) is 0 Å². The second-order valence-electron chi connectivity index (χ2n) is 2.73. The molecule has 0 aliphatic carbocycles. The van der Waals surface area contributed by atoms with Crippen molar-refractivity contribution in [1.82, 2.24) is 0 Å². The Morgan fingerprint density at radius 1 is 0.467 bits per heavy atom. The van der Waals surface area contributed by atoms with Crippen molar-refractivity contribution in [1.29, 1.82) is 0 Å². The first kappa shape index (κ1) is 18.1. The largest absolute Gasteiger partial charge is 0.0622 e. The monoisotopic (exact) mass is 532 g/mol. The molecule has 15 heavy (non-hydrogen) atoms. The van der Waals surface area contributed by atoms with E-state index in [1.54, 1.807) is 0 Å². The Morgan fingerprint density at radius 2 is 0.733 bits per heavy atom. The molecular formula is C12H14I2Sn. The van der Waals surface area contributed by atoms with Gasteiger partial charge in [-0.3, -0.25) is 0 Å². The Morgan fingerprint density at radius 3 is 1.00 bits per heavy atom. The maximum Gasteiger partial charge on any atom is -0.0184 e. The van der Waals surface area contributed by atoms with E-state index in [0.717, 1.165) is 0 Å². The average Bonchev–Trinajstić information content (AvgIpc) is 2.21. The smallest absolute Gasteiger partial charge is 0.0184 e. The second-order valence-corrected chi connectivity index (χ2v) is 2.73. The van der Waals surface area contributed by atoms with Crippen LogP contribution in [0.4, 0.5) is 0 Å². The summed E-state index contributed by atoms with van der Waals surface area (Å²) in [7, 11) is 0. The van der Waals surface area contributed by atoms with Crippen LogP contribution in [0.25, 0.3) is 11.1 Å². The molecule has 0 N–H and O–H groups in total. The van der Waals surface area contributed by atoms with Crippen molar-refractivity contribution in [3.63, 3.8) is 0 Å². The first-order valence-corrected chi connectivity index (χ1v) is 4.07. The Labute approximate surface area is 142 Å². The van der Waals surface area contributed by atoms with E-state index in [2.05, 4.69) is 48.5 Å². The molecule has 2 aromatic carbocycles. The fourth-order valence-electron chi connectivity index (χ4n) is 1.26. The Bertz CT molecular complexity index is 311. The molecule has 0 spiro atoms. The first-order valence-electron chi connectivity index (χ1n) is 4.07. The molecule has 0 fully saturated rings. The van der Waals surface area contributed by atoms with E-state index in [1.165, 1.54) is 11.1 Å². The molecule has 0 saturated heterocycles. The third kappa shape index (κ3) is 5.53. The summed E-state index contributed by atoms with van der Waals surface area (Å²) in [6, 6.07) is 20.8. The van der Waals surface area contributed by atoms with Gasteiger partial charge < -0.3 is 0 Å². The summed E-state index contributed by atoms with van der Waals surface area (Å²) in [5.41, 5.74) is 2.55. The van der Waals surface area contributed by atoms with Gasteiger partial charge in [-0.2, -0.15) is 0 Å². The van der Waals surface area contributed by atoms with Crippen molar-refractivity contribution < 1.29 is 0 Å². The van der Waals surface area contributed by atoms with Crippen molar-refractivity contribution in [2.45, 2.75) is 0 Å². The molecule has 3 heteroatoms. The molecule has 0 amide bonds. The van der Waals surface area contributed by atoms with Crippen LogP contribution in [0, 0.1) is 0 Å². The van der Waals surface area contributed by atoms with Crippen molar-refractivity contribution in [2.24, 2.45) is 0 Å². The number of halogens is 2. The Hall–Kier alpha value is 0.699. The minimum Gasteiger partial charge on any atom is -0.0622 e. The second kappa shape index (κ2) is 9.89. The number of benzene rings is 2. The van der Waals surface area contributed by atoms with E-state index in [9.17, 15) is 0 Å². The van der Waals surface area contributed by atoms with E-state index >= 15 is 0 Å². The molecular weight excluding hydrogens is 517 g/mol. The normalized spacial score (nSPS) is 7.73. The summed E-state index contributed by atoms with van der Waals surface area (Å²) in [5.74, 6) is 0. The van der Waals surface area contributed by atoms with Crippen LogP contribution >= 0.6 is 48.0 Å². The number of hydrogen-bond donors (Lipinski definition) is 0.